The Morgan fingerprint density at radius 1 is 1.00 bits per heavy atom. The molecule has 0 aromatic heterocycles. The van der Waals surface area contributed by atoms with Gasteiger partial charge in [0.15, 0.2) is 0 Å². The molecule has 0 bridgehead atoms. The van der Waals surface area contributed by atoms with E-state index in [1.54, 1.807) is 18.2 Å². The summed E-state index contributed by atoms with van der Waals surface area (Å²) in [5, 5.41) is 14.4. The maximum atomic E-state index is 9.36. The number of rotatable bonds is 7. The van der Waals surface area contributed by atoms with Gasteiger partial charge in [-0.3, -0.25) is 0 Å². The molecule has 130 valence electrons. The van der Waals surface area contributed by atoms with Crippen LogP contribution in [0.15, 0.2) is 36.4 Å². The van der Waals surface area contributed by atoms with E-state index < -0.39 is 0 Å². The molecule has 0 saturated carbocycles. The van der Waals surface area contributed by atoms with Gasteiger partial charge in [-0.15, -0.1) is 0 Å². The molecule has 0 spiro atoms. The number of hydrogen-bond acceptors (Lipinski definition) is 3. The summed E-state index contributed by atoms with van der Waals surface area (Å²) in [4.78, 5) is 0. The summed E-state index contributed by atoms with van der Waals surface area (Å²) in [5.74, 6) is 0.714. The Hall–Kier alpha value is -0.970. The summed E-state index contributed by atoms with van der Waals surface area (Å²) >= 11 is 18.2. The van der Waals surface area contributed by atoms with Crippen LogP contribution in [0.3, 0.4) is 0 Å². The van der Waals surface area contributed by atoms with Crippen LogP contribution in [0.5, 0.6) is 5.75 Å². The van der Waals surface area contributed by atoms with E-state index in [1.165, 1.54) is 0 Å². The molecule has 0 amide bonds. The van der Waals surface area contributed by atoms with Crippen molar-refractivity contribution in [3.05, 3.63) is 62.6 Å². The summed E-state index contributed by atoms with van der Waals surface area (Å²) in [5.41, 5.74) is 1.37. The topological polar surface area (TPSA) is 41.5 Å². The van der Waals surface area contributed by atoms with Gasteiger partial charge in [-0.05, 0) is 44.2 Å². The molecule has 0 aliphatic rings. The zero-order valence-electron chi connectivity index (χ0n) is 13.6. The quantitative estimate of drug-likeness (QED) is 0.694. The molecule has 2 rings (SSSR count). The average Bonchev–Trinajstić information content (AvgIpc) is 2.53. The molecule has 3 nitrogen and oxygen atoms in total. The van der Waals surface area contributed by atoms with Crippen LogP contribution in [-0.2, 0) is 13.2 Å². The Balaban J connectivity index is 2.12. The number of aliphatic hydroxyl groups is 1. The standard InChI is InChI=1S/C18H20Cl3NO2/c1-18(2,11-23)22-9-13-7-14(19)5-6-17(13)24-10-12-3-4-15(20)8-16(12)21/h3-8,22-23H,9-11H2,1-2H3. The van der Waals surface area contributed by atoms with Gasteiger partial charge in [0.1, 0.15) is 12.4 Å². The maximum Gasteiger partial charge on any atom is 0.124 e. The number of benzene rings is 2. The fourth-order valence-electron chi connectivity index (χ4n) is 2.01. The van der Waals surface area contributed by atoms with Crippen molar-refractivity contribution in [1.29, 1.82) is 0 Å². The Morgan fingerprint density at radius 3 is 2.33 bits per heavy atom. The molecule has 0 atom stereocenters. The first-order valence-electron chi connectivity index (χ1n) is 7.52. The molecule has 6 heteroatoms. The SMILES string of the molecule is CC(C)(CO)NCc1cc(Cl)ccc1OCc1ccc(Cl)cc1Cl. The molecule has 0 aliphatic carbocycles. The second kappa shape index (κ2) is 8.41. The van der Waals surface area contributed by atoms with Gasteiger partial charge in [-0.25, -0.2) is 0 Å². The van der Waals surface area contributed by atoms with Crippen LogP contribution in [0.4, 0.5) is 0 Å². The number of hydrogen-bond donors (Lipinski definition) is 2. The number of nitrogens with one attached hydrogen (secondary N) is 1. The number of halogens is 3. The minimum Gasteiger partial charge on any atom is -0.489 e. The van der Waals surface area contributed by atoms with Crippen LogP contribution in [0.2, 0.25) is 15.1 Å². The zero-order valence-corrected chi connectivity index (χ0v) is 15.8. The van der Waals surface area contributed by atoms with Gasteiger partial charge in [-0.1, -0.05) is 40.9 Å². The molecular formula is C18H20Cl3NO2. The Morgan fingerprint density at radius 2 is 1.67 bits per heavy atom. The monoisotopic (exact) mass is 387 g/mol. The highest BCUT2D eigenvalue weighted by molar-refractivity contribution is 6.35. The predicted molar refractivity (Wildman–Crippen MR) is 100 cm³/mol. The van der Waals surface area contributed by atoms with Gasteiger partial charge in [0.2, 0.25) is 0 Å². The van der Waals surface area contributed by atoms with Crippen LogP contribution in [0.1, 0.15) is 25.0 Å². The molecular weight excluding hydrogens is 369 g/mol. The highest BCUT2D eigenvalue weighted by atomic mass is 35.5. The molecule has 2 aromatic rings. The Labute approximate surface area is 157 Å². The van der Waals surface area contributed by atoms with Crippen molar-refractivity contribution in [2.24, 2.45) is 0 Å². The fraction of sp³-hybridized carbons (Fsp3) is 0.333. The van der Waals surface area contributed by atoms with Crippen molar-refractivity contribution < 1.29 is 9.84 Å². The smallest absolute Gasteiger partial charge is 0.124 e. The van der Waals surface area contributed by atoms with Crippen molar-refractivity contribution in [2.75, 3.05) is 6.61 Å². The third-order valence-corrected chi connectivity index (χ3v) is 4.40. The normalized spacial score (nSPS) is 11.6. The van der Waals surface area contributed by atoms with E-state index in [4.69, 9.17) is 39.5 Å². The van der Waals surface area contributed by atoms with E-state index in [2.05, 4.69) is 5.32 Å². The maximum absolute atomic E-state index is 9.36. The van der Waals surface area contributed by atoms with Gasteiger partial charge in [0.05, 0.1) is 6.61 Å². The molecule has 2 aromatic carbocycles. The van der Waals surface area contributed by atoms with Crippen molar-refractivity contribution in [2.45, 2.75) is 32.5 Å². The minimum atomic E-state index is -0.390. The fourth-order valence-corrected chi connectivity index (χ4v) is 2.67. The summed E-state index contributed by atoms with van der Waals surface area (Å²) in [7, 11) is 0. The van der Waals surface area contributed by atoms with Crippen molar-refractivity contribution in [1.82, 2.24) is 5.32 Å². The predicted octanol–water partition coefficient (Wildman–Crippen LogP) is 5.09. The first-order chi connectivity index (χ1) is 11.3. The summed E-state index contributed by atoms with van der Waals surface area (Å²) < 4.78 is 5.91. The lowest BCUT2D eigenvalue weighted by molar-refractivity contribution is 0.186. The minimum absolute atomic E-state index is 0.0319. The second-order valence-corrected chi connectivity index (χ2v) is 7.45. The highest BCUT2D eigenvalue weighted by Gasteiger charge is 2.16. The molecule has 0 saturated heterocycles. The first kappa shape index (κ1) is 19.4. The lowest BCUT2D eigenvalue weighted by Gasteiger charge is -2.24. The first-order valence-corrected chi connectivity index (χ1v) is 8.65. The molecule has 0 unspecified atom stereocenters. The lowest BCUT2D eigenvalue weighted by Crippen LogP contribution is -2.42. The van der Waals surface area contributed by atoms with Gasteiger partial charge in [-0.2, -0.15) is 0 Å². The van der Waals surface area contributed by atoms with Gasteiger partial charge in [0, 0.05) is 38.3 Å². The summed E-state index contributed by atoms with van der Waals surface area (Å²) in [6, 6.07) is 10.8. The van der Waals surface area contributed by atoms with Gasteiger partial charge >= 0.3 is 0 Å². The van der Waals surface area contributed by atoms with E-state index in [9.17, 15) is 5.11 Å². The largest absolute Gasteiger partial charge is 0.489 e. The van der Waals surface area contributed by atoms with E-state index in [0.29, 0.717) is 34.0 Å². The third kappa shape index (κ3) is 5.54. The molecule has 0 heterocycles. The Kier molecular flexibility index (Phi) is 6.79. The molecule has 0 fully saturated rings. The van der Waals surface area contributed by atoms with Crippen molar-refractivity contribution in [3.63, 3.8) is 0 Å². The molecule has 2 N–H and O–H groups in total. The molecule has 24 heavy (non-hydrogen) atoms. The second-order valence-electron chi connectivity index (χ2n) is 6.17. The van der Waals surface area contributed by atoms with E-state index in [1.807, 2.05) is 32.0 Å². The average molecular weight is 389 g/mol. The van der Waals surface area contributed by atoms with E-state index in [-0.39, 0.29) is 12.1 Å². The van der Waals surface area contributed by atoms with Gasteiger partial charge in [0.25, 0.3) is 0 Å². The summed E-state index contributed by atoms with van der Waals surface area (Å²) in [6.45, 7) is 4.73. The van der Waals surface area contributed by atoms with Crippen LogP contribution in [0, 0.1) is 0 Å². The molecule has 0 radical (unpaired) electrons. The number of ether oxygens (including phenoxy) is 1. The van der Waals surface area contributed by atoms with Crippen LogP contribution in [-0.4, -0.2) is 17.3 Å². The zero-order chi connectivity index (χ0) is 17.7. The highest BCUT2D eigenvalue weighted by Crippen LogP contribution is 2.26. The summed E-state index contributed by atoms with van der Waals surface area (Å²) in [6.07, 6.45) is 0. The van der Waals surface area contributed by atoms with Crippen molar-refractivity contribution in [3.8, 4) is 5.75 Å². The molecule has 0 aliphatic heterocycles. The van der Waals surface area contributed by atoms with Crippen LogP contribution < -0.4 is 10.1 Å². The lowest BCUT2D eigenvalue weighted by atomic mass is 10.1. The Bertz CT molecular complexity index is 705. The van der Waals surface area contributed by atoms with Crippen LogP contribution >= 0.6 is 34.8 Å². The van der Waals surface area contributed by atoms with E-state index >= 15 is 0 Å². The van der Waals surface area contributed by atoms with Crippen LogP contribution in [0.25, 0.3) is 0 Å². The van der Waals surface area contributed by atoms with Crippen molar-refractivity contribution >= 4 is 34.8 Å². The van der Waals surface area contributed by atoms with Gasteiger partial charge < -0.3 is 15.2 Å². The number of aliphatic hydroxyl groups excluding tert-OH is 1. The third-order valence-electron chi connectivity index (χ3n) is 3.57. The van der Waals surface area contributed by atoms with E-state index in [0.717, 1.165) is 11.1 Å².